The summed E-state index contributed by atoms with van der Waals surface area (Å²) in [5.41, 5.74) is 2.20. The van der Waals surface area contributed by atoms with Gasteiger partial charge in [-0.05, 0) is 45.7 Å². The molecule has 0 radical (unpaired) electrons. The largest absolute Gasteiger partial charge is 0.494 e. The number of nitrogens with one attached hydrogen (secondary N) is 2. The number of aliphatic imine (C=N–C) groups is 1. The summed E-state index contributed by atoms with van der Waals surface area (Å²) in [4.78, 5) is 18.9. The van der Waals surface area contributed by atoms with Gasteiger partial charge in [0.15, 0.2) is 5.96 Å². The van der Waals surface area contributed by atoms with Gasteiger partial charge >= 0.3 is 0 Å². The molecule has 1 amide bonds. The summed E-state index contributed by atoms with van der Waals surface area (Å²) in [7, 11) is 0. The number of hydrogen-bond acceptors (Lipinski definition) is 4. The van der Waals surface area contributed by atoms with E-state index in [-0.39, 0.29) is 12.0 Å². The molecule has 0 aromatic heterocycles. The van der Waals surface area contributed by atoms with Crippen molar-refractivity contribution in [3.63, 3.8) is 0 Å². The van der Waals surface area contributed by atoms with Crippen molar-refractivity contribution in [2.45, 2.75) is 59.1 Å². The Bertz CT molecular complexity index is 729. The van der Waals surface area contributed by atoms with Crippen LogP contribution in [0.3, 0.4) is 0 Å². The summed E-state index contributed by atoms with van der Waals surface area (Å²) in [5.74, 6) is 2.72. The number of guanidine groups is 1. The minimum absolute atomic E-state index is 0.199. The highest BCUT2D eigenvalue weighted by Gasteiger charge is 2.22. The second-order valence-electron chi connectivity index (χ2n) is 7.59. The van der Waals surface area contributed by atoms with Crippen molar-refractivity contribution in [2.75, 3.05) is 32.8 Å². The Labute approximate surface area is 173 Å². The van der Waals surface area contributed by atoms with Crippen molar-refractivity contribution >= 4 is 11.9 Å². The summed E-state index contributed by atoms with van der Waals surface area (Å²) in [5, 5.41) is 6.52. The molecule has 3 rings (SSSR count). The molecular weight excluding hydrogens is 368 g/mol. The van der Waals surface area contributed by atoms with Crippen molar-refractivity contribution in [3.05, 3.63) is 23.3 Å². The Balaban J connectivity index is 1.61. The van der Waals surface area contributed by atoms with Gasteiger partial charge in [-0.15, -0.1) is 0 Å². The lowest BCUT2D eigenvalue weighted by atomic mass is 10.1. The average molecular weight is 403 g/mol. The Hall–Kier alpha value is -2.44. The fourth-order valence-electron chi connectivity index (χ4n) is 3.81. The maximum Gasteiger partial charge on any atom is 0.224 e. The van der Waals surface area contributed by atoms with Gasteiger partial charge in [0.25, 0.3) is 0 Å². The molecular formula is C22H34N4O3. The minimum Gasteiger partial charge on any atom is -0.494 e. The molecule has 1 saturated heterocycles. The number of carbonyl (C=O) groups excluding carboxylic acids is 1. The van der Waals surface area contributed by atoms with Crippen LogP contribution >= 0.6 is 0 Å². The molecule has 1 atom stereocenters. The maximum atomic E-state index is 12.2. The topological polar surface area (TPSA) is 75.2 Å². The van der Waals surface area contributed by atoms with E-state index in [1.165, 1.54) is 5.56 Å². The first-order valence-corrected chi connectivity index (χ1v) is 10.9. The van der Waals surface area contributed by atoms with E-state index < -0.39 is 0 Å². The molecule has 0 aliphatic carbocycles. The highest BCUT2D eigenvalue weighted by molar-refractivity contribution is 5.81. The number of rotatable bonds is 8. The molecule has 0 bridgehead atoms. The van der Waals surface area contributed by atoms with Gasteiger partial charge in [-0.1, -0.05) is 0 Å². The fraction of sp³-hybridized carbons (Fsp3) is 0.636. The second-order valence-corrected chi connectivity index (χ2v) is 7.59. The number of amides is 1. The molecule has 2 aliphatic heterocycles. The normalized spacial score (nSPS) is 18.4. The van der Waals surface area contributed by atoms with Crippen LogP contribution < -0.4 is 20.1 Å². The van der Waals surface area contributed by atoms with Gasteiger partial charge in [0.2, 0.25) is 5.91 Å². The number of fused-ring (bicyclic) bond motifs is 1. The van der Waals surface area contributed by atoms with Crippen molar-refractivity contribution < 1.29 is 14.3 Å². The zero-order chi connectivity index (χ0) is 20.6. The molecule has 1 aromatic rings. The monoisotopic (exact) mass is 402 g/mol. The van der Waals surface area contributed by atoms with Crippen LogP contribution in [0.4, 0.5) is 0 Å². The molecule has 1 fully saturated rings. The fourth-order valence-corrected chi connectivity index (χ4v) is 3.81. The zero-order valence-corrected chi connectivity index (χ0v) is 17.9. The van der Waals surface area contributed by atoms with Crippen LogP contribution in [0.25, 0.3) is 0 Å². The SMILES string of the molecule is CCNC(=NCc1cc2c(cc1OCC)CC(C)O2)NCCC(=O)N1CCCC1. The van der Waals surface area contributed by atoms with Crippen LogP contribution in [-0.4, -0.2) is 55.7 Å². The van der Waals surface area contributed by atoms with E-state index in [1.807, 2.05) is 24.8 Å². The first-order chi connectivity index (χ1) is 14.1. The molecule has 0 spiro atoms. The van der Waals surface area contributed by atoms with Gasteiger partial charge in [-0.25, -0.2) is 4.99 Å². The van der Waals surface area contributed by atoms with E-state index in [0.29, 0.717) is 32.1 Å². The third kappa shape index (κ3) is 5.78. The van der Waals surface area contributed by atoms with Crippen LogP contribution in [0, 0.1) is 0 Å². The third-order valence-corrected chi connectivity index (χ3v) is 5.22. The number of nitrogens with zero attached hydrogens (tertiary/aromatic N) is 2. The summed E-state index contributed by atoms with van der Waals surface area (Å²) >= 11 is 0. The molecule has 2 heterocycles. The predicted octanol–water partition coefficient (Wildman–Crippen LogP) is 2.48. The second kappa shape index (κ2) is 10.4. The van der Waals surface area contributed by atoms with Gasteiger partial charge in [0, 0.05) is 50.1 Å². The summed E-state index contributed by atoms with van der Waals surface area (Å²) in [6.45, 7) is 10.3. The smallest absolute Gasteiger partial charge is 0.224 e. The number of ether oxygens (including phenoxy) is 2. The summed E-state index contributed by atoms with van der Waals surface area (Å²) in [6.07, 6.45) is 3.84. The van der Waals surface area contributed by atoms with E-state index in [1.54, 1.807) is 0 Å². The number of hydrogen-bond donors (Lipinski definition) is 2. The third-order valence-electron chi connectivity index (χ3n) is 5.22. The lowest BCUT2D eigenvalue weighted by molar-refractivity contribution is -0.129. The Morgan fingerprint density at radius 2 is 2.07 bits per heavy atom. The van der Waals surface area contributed by atoms with Crippen molar-refractivity contribution in [3.8, 4) is 11.5 Å². The number of carbonyl (C=O) groups is 1. The first-order valence-electron chi connectivity index (χ1n) is 10.9. The summed E-state index contributed by atoms with van der Waals surface area (Å²) < 4.78 is 11.7. The molecule has 1 aromatic carbocycles. The predicted molar refractivity (Wildman–Crippen MR) is 115 cm³/mol. The molecule has 7 heteroatoms. The zero-order valence-electron chi connectivity index (χ0n) is 17.9. The lowest BCUT2D eigenvalue weighted by Crippen LogP contribution is -2.39. The number of likely N-dealkylation sites (tertiary alicyclic amines) is 1. The molecule has 2 N–H and O–H groups in total. The standard InChI is InChI=1S/C22H34N4O3/c1-4-23-22(24-9-8-21(27)26-10-6-7-11-26)25-15-18-14-20-17(12-16(3)29-20)13-19(18)28-5-2/h13-14,16H,4-12,15H2,1-3H3,(H2,23,24,25). The maximum absolute atomic E-state index is 12.2. The lowest BCUT2D eigenvalue weighted by Gasteiger charge is -2.16. The van der Waals surface area contributed by atoms with E-state index >= 15 is 0 Å². The number of benzene rings is 1. The van der Waals surface area contributed by atoms with E-state index in [2.05, 4.69) is 23.6 Å². The van der Waals surface area contributed by atoms with E-state index in [4.69, 9.17) is 14.5 Å². The molecule has 1 unspecified atom stereocenters. The Morgan fingerprint density at radius 3 is 2.79 bits per heavy atom. The quantitative estimate of drug-likeness (QED) is 0.516. The van der Waals surface area contributed by atoms with E-state index in [9.17, 15) is 4.79 Å². The van der Waals surface area contributed by atoms with Gasteiger partial charge in [-0.3, -0.25) is 4.79 Å². The van der Waals surface area contributed by atoms with Crippen LogP contribution in [0.1, 0.15) is 51.2 Å². The molecule has 7 nitrogen and oxygen atoms in total. The van der Waals surface area contributed by atoms with Crippen LogP contribution in [0.5, 0.6) is 11.5 Å². The van der Waals surface area contributed by atoms with Gasteiger partial charge in [0.1, 0.15) is 17.6 Å². The Kier molecular flexibility index (Phi) is 7.61. The minimum atomic E-state index is 0.199. The van der Waals surface area contributed by atoms with Crippen LogP contribution in [-0.2, 0) is 17.8 Å². The van der Waals surface area contributed by atoms with Gasteiger partial charge < -0.3 is 25.0 Å². The Morgan fingerprint density at radius 1 is 1.28 bits per heavy atom. The van der Waals surface area contributed by atoms with Crippen molar-refractivity contribution in [1.82, 2.24) is 15.5 Å². The molecule has 0 saturated carbocycles. The van der Waals surface area contributed by atoms with Crippen LogP contribution in [0.15, 0.2) is 17.1 Å². The highest BCUT2D eigenvalue weighted by atomic mass is 16.5. The molecule has 160 valence electrons. The van der Waals surface area contributed by atoms with E-state index in [0.717, 1.165) is 56.0 Å². The van der Waals surface area contributed by atoms with Gasteiger partial charge in [0.05, 0.1) is 13.2 Å². The van der Waals surface area contributed by atoms with Gasteiger partial charge in [-0.2, -0.15) is 0 Å². The van der Waals surface area contributed by atoms with Crippen LogP contribution in [0.2, 0.25) is 0 Å². The highest BCUT2D eigenvalue weighted by Crippen LogP contribution is 2.35. The average Bonchev–Trinajstić information content (AvgIpc) is 3.35. The molecule has 29 heavy (non-hydrogen) atoms. The first kappa shape index (κ1) is 21.3. The van der Waals surface area contributed by atoms with Crippen molar-refractivity contribution in [2.24, 2.45) is 4.99 Å². The summed E-state index contributed by atoms with van der Waals surface area (Å²) in [6, 6.07) is 4.13. The molecule has 2 aliphatic rings. The van der Waals surface area contributed by atoms with Crippen molar-refractivity contribution in [1.29, 1.82) is 0 Å².